The highest BCUT2D eigenvalue weighted by atomic mass is 16.3. The molecular formula is C68H44N2O. The van der Waals surface area contributed by atoms with E-state index in [0.717, 1.165) is 77.9 Å². The minimum Gasteiger partial charge on any atom is -0.455 e. The first-order valence-electron chi connectivity index (χ1n) is 24.3. The van der Waals surface area contributed by atoms with E-state index in [0.29, 0.717) is 0 Å². The van der Waals surface area contributed by atoms with E-state index in [-0.39, 0.29) is 0 Å². The Morgan fingerprint density at radius 3 is 1.58 bits per heavy atom. The summed E-state index contributed by atoms with van der Waals surface area (Å²) in [5, 5.41) is 9.53. The number of para-hydroxylation sites is 3. The number of hydrogen-bond donors (Lipinski definition) is 0. The van der Waals surface area contributed by atoms with Gasteiger partial charge in [-0.15, -0.1) is 0 Å². The van der Waals surface area contributed by atoms with Gasteiger partial charge in [0.25, 0.3) is 0 Å². The van der Waals surface area contributed by atoms with E-state index in [4.69, 9.17) is 4.42 Å². The van der Waals surface area contributed by atoms with E-state index in [2.05, 4.69) is 276 Å². The van der Waals surface area contributed by atoms with Crippen LogP contribution in [-0.4, -0.2) is 4.57 Å². The summed E-state index contributed by atoms with van der Waals surface area (Å²) in [5.41, 5.74) is 17.7. The van der Waals surface area contributed by atoms with Crippen LogP contribution in [0.2, 0.25) is 0 Å². The zero-order valence-corrected chi connectivity index (χ0v) is 38.7. The molecule has 0 N–H and O–H groups in total. The van der Waals surface area contributed by atoms with Crippen LogP contribution < -0.4 is 4.90 Å². The van der Waals surface area contributed by atoms with Crippen molar-refractivity contribution in [1.82, 2.24) is 4.57 Å². The van der Waals surface area contributed by atoms with Gasteiger partial charge in [0.2, 0.25) is 0 Å². The molecule has 332 valence electrons. The predicted molar refractivity (Wildman–Crippen MR) is 299 cm³/mol. The average Bonchev–Trinajstić information content (AvgIpc) is 3.99. The molecule has 2 aromatic heterocycles. The van der Waals surface area contributed by atoms with Crippen LogP contribution in [-0.2, 0) is 0 Å². The number of rotatable bonds is 8. The Balaban J connectivity index is 0.906. The molecular weight excluding hydrogens is 861 g/mol. The van der Waals surface area contributed by atoms with Crippen LogP contribution in [0, 0.1) is 0 Å². The Morgan fingerprint density at radius 2 is 0.817 bits per heavy atom. The lowest BCUT2D eigenvalue weighted by molar-refractivity contribution is 0.673. The van der Waals surface area contributed by atoms with E-state index in [1.807, 2.05) is 0 Å². The molecule has 0 aliphatic rings. The number of anilines is 3. The molecule has 0 saturated heterocycles. The van der Waals surface area contributed by atoms with E-state index >= 15 is 0 Å². The predicted octanol–water partition coefficient (Wildman–Crippen LogP) is 19.1. The van der Waals surface area contributed by atoms with Crippen LogP contribution in [0.3, 0.4) is 0 Å². The lowest BCUT2D eigenvalue weighted by Gasteiger charge is -2.29. The molecule has 0 spiro atoms. The van der Waals surface area contributed by atoms with Crippen LogP contribution in [0.5, 0.6) is 0 Å². The number of fused-ring (bicyclic) bond motifs is 9. The molecule has 0 fully saturated rings. The summed E-state index contributed by atoms with van der Waals surface area (Å²) >= 11 is 0. The van der Waals surface area contributed by atoms with Gasteiger partial charge in [-0.25, -0.2) is 0 Å². The van der Waals surface area contributed by atoms with E-state index < -0.39 is 0 Å². The van der Waals surface area contributed by atoms with E-state index in [1.54, 1.807) is 0 Å². The van der Waals surface area contributed by atoms with Crippen LogP contribution in [0.15, 0.2) is 271 Å². The first kappa shape index (κ1) is 40.6. The maximum atomic E-state index is 6.62. The highest BCUT2D eigenvalue weighted by molar-refractivity contribution is 6.15. The highest BCUT2D eigenvalue weighted by Crippen LogP contribution is 2.45. The Kier molecular flexibility index (Phi) is 9.53. The molecule has 71 heavy (non-hydrogen) atoms. The number of aromatic nitrogens is 1. The fourth-order valence-electron chi connectivity index (χ4n) is 10.9. The Bertz CT molecular complexity index is 4280. The average molecular weight is 905 g/mol. The topological polar surface area (TPSA) is 21.3 Å². The molecule has 0 bridgehead atoms. The van der Waals surface area contributed by atoms with Crippen molar-refractivity contribution in [2.75, 3.05) is 4.90 Å². The molecule has 2 heterocycles. The van der Waals surface area contributed by atoms with E-state index in [9.17, 15) is 0 Å². The van der Waals surface area contributed by atoms with Crippen LogP contribution in [0.1, 0.15) is 0 Å². The van der Waals surface area contributed by atoms with Crippen molar-refractivity contribution < 1.29 is 4.42 Å². The second kappa shape index (κ2) is 16.7. The summed E-state index contributed by atoms with van der Waals surface area (Å²) in [5.74, 6) is 0. The third-order valence-electron chi connectivity index (χ3n) is 14.4. The van der Waals surface area contributed by atoms with Crippen molar-refractivity contribution in [3.63, 3.8) is 0 Å². The molecule has 0 amide bonds. The van der Waals surface area contributed by atoms with Gasteiger partial charge in [-0.05, 0) is 128 Å². The van der Waals surface area contributed by atoms with Gasteiger partial charge in [0.1, 0.15) is 11.2 Å². The molecule has 0 radical (unpaired) electrons. The van der Waals surface area contributed by atoms with Gasteiger partial charge >= 0.3 is 0 Å². The third kappa shape index (κ3) is 6.89. The Labute approximate surface area is 411 Å². The molecule has 0 atom stereocenters. The fourth-order valence-corrected chi connectivity index (χ4v) is 10.9. The second-order valence-corrected chi connectivity index (χ2v) is 18.5. The number of hydrogen-bond acceptors (Lipinski definition) is 2. The quantitative estimate of drug-likeness (QED) is 0.151. The lowest BCUT2D eigenvalue weighted by Crippen LogP contribution is -2.11. The normalized spacial score (nSPS) is 11.7. The van der Waals surface area contributed by atoms with Crippen molar-refractivity contribution in [2.45, 2.75) is 0 Å². The summed E-state index contributed by atoms with van der Waals surface area (Å²) in [4.78, 5) is 2.41. The molecule has 12 aromatic carbocycles. The van der Waals surface area contributed by atoms with Gasteiger partial charge in [0, 0.05) is 49.4 Å². The van der Waals surface area contributed by atoms with Crippen LogP contribution in [0.4, 0.5) is 17.1 Å². The molecule has 0 aliphatic heterocycles. The Morgan fingerprint density at radius 1 is 0.296 bits per heavy atom. The van der Waals surface area contributed by atoms with Crippen LogP contribution in [0.25, 0.3) is 115 Å². The zero-order chi connectivity index (χ0) is 46.8. The minimum atomic E-state index is 0.887. The molecule has 0 unspecified atom stereocenters. The highest BCUT2D eigenvalue weighted by Gasteiger charge is 2.21. The zero-order valence-electron chi connectivity index (χ0n) is 38.7. The van der Waals surface area contributed by atoms with Crippen molar-refractivity contribution >= 4 is 82.4 Å². The number of benzene rings is 12. The molecule has 14 rings (SSSR count). The first-order valence-corrected chi connectivity index (χ1v) is 24.3. The van der Waals surface area contributed by atoms with Crippen molar-refractivity contribution in [2.24, 2.45) is 0 Å². The van der Waals surface area contributed by atoms with Gasteiger partial charge in [-0.2, -0.15) is 0 Å². The van der Waals surface area contributed by atoms with Gasteiger partial charge in [-0.3, -0.25) is 0 Å². The van der Waals surface area contributed by atoms with Gasteiger partial charge in [0.05, 0.1) is 22.4 Å². The summed E-state index contributed by atoms with van der Waals surface area (Å²) in [7, 11) is 0. The molecule has 14 aromatic rings. The largest absolute Gasteiger partial charge is 0.455 e. The number of nitrogens with zero attached hydrogens (tertiary/aromatic N) is 2. The van der Waals surface area contributed by atoms with Gasteiger partial charge in [-0.1, -0.05) is 188 Å². The monoisotopic (exact) mass is 904 g/mol. The molecule has 3 nitrogen and oxygen atoms in total. The standard InChI is InChI=1S/C68H44N2O/c1-2-15-47(16-3-1)62-43-52(51-27-26-45-14-4-5-18-50(45)42-51)34-41-66(62)69(54-35-28-46(29-36-54)53-33-39-60-61-40-32-48-17-6-7-20-57(48)68(61)71-67(60)44-53)55-37-30-49(31-38-55)56-19-8-11-23-63(56)70-64-24-12-9-21-58(64)59-22-10-13-25-65(59)70/h1-44H. The summed E-state index contributed by atoms with van der Waals surface area (Å²) in [6, 6.07) is 96.8. The SMILES string of the molecule is c1ccc(-c2cc(-c3ccc4ccccc4c3)ccc2N(c2ccc(-c3ccc4c(c3)oc3c5ccccc5ccc43)cc2)c2ccc(-c3ccccc3-n3c4ccccc4c4ccccc43)cc2)cc1. The van der Waals surface area contributed by atoms with Gasteiger partial charge < -0.3 is 13.9 Å². The fraction of sp³-hybridized carbons (Fsp3) is 0. The summed E-state index contributed by atoms with van der Waals surface area (Å²) in [6.45, 7) is 0. The van der Waals surface area contributed by atoms with Crippen molar-refractivity contribution in [3.8, 4) is 50.2 Å². The lowest BCUT2D eigenvalue weighted by atomic mass is 9.94. The van der Waals surface area contributed by atoms with Gasteiger partial charge in [0.15, 0.2) is 0 Å². The maximum absolute atomic E-state index is 6.62. The maximum Gasteiger partial charge on any atom is 0.143 e. The first-order chi connectivity index (χ1) is 35.2. The van der Waals surface area contributed by atoms with Crippen molar-refractivity contribution in [3.05, 3.63) is 267 Å². The smallest absolute Gasteiger partial charge is 0.143 e. The minimum absolute atomic E-state index is 0.887. The summed E-state index contributed by atoms with van der Waals surface area (Å²) in [6.07, 6.45) is 0. The third-order valence-corrected chi connectivity index (χ3v) is 14.4. The summed E-state index contributed by atoms with van der Waals surface area (Å²) < 4.78 is 9.04. The Hall–Kier alpha value is -9.44. The molecule has 0 aliphatic carbocycles. The van der Waals surface area contributed by atoms with Crippen molar-refractivity contribution in [1.29, 1.82) is 0 Å². The van der Waals surface area contributed by atoms with E-state index in [1.165, 1.54) is 54.7 Å². The number of furan rings is 1. The molecule has 3 heteroatoms. The van der Waals surface area contributed by atoms with Crippen LogP contribution >= 0.6 is 0 Å². The second-order valence-electron chi connectivity index (χ2n) is 18.5. The molecule has 0 saturated carbocycles.